The maximum absolute atomic E-state index is 14.7. The number of aromatic nitrogens is 4. The molecule has 1 saturated heterocycles. The van der Waals surface area contributed by atoms with Gasteiger partial charge in [-0.15, -0.1) is 5.10 Å². The summed E-state index contributed by atoms with van der Waals surface area (Å²) >= 11 is 0. The Labute approximate surface area is 183 Å². The number of fused-ring (bicyclic) bond motifs is 1. The van der Waals surface area contributed by atoms with Crippen molar-refractivity contribution in [2.75, 3.05) is 24.2 Å². The first-order chi connectivity index (χ1) is 15.6. The molecule has 1 atom stereocenters. The first kappa shape index (κ1) is 20.3. The van der Waals surface area contributed by atoms with Crippen molar-refractivity contribution in [1.29, 1.82) is 0 Å². The molecule has 3 heterocycles. The number of anilines is 2. The zero-order valence-electron chi connectivity index (χ0n) is 17.3. The van der Waals surface area contributed by atoms with E-state index in [2.05, 4.69) is 20.4 Å². The molecule has 2 aromatic heterocycles. The van der Waals surface area contributed by atoms with Gasteiger partial charge >= 0.3 is 0 Å². The molecule has 0 radical (unpaired) electrons. The lowest BCUT2D eigenvalue weighted by Gasteiger charge is -2.12. The van der Waals surface area contributed by atoms with E-state index in [1.807, 2.05) is 30.3 Å². The van der Waals surface area contributed by atoms with Crippen LogP contribution < -0.4 is 11.1 Å². The number of hydrogen-bond donors (Lipinski definition) is 2. The van der Waals surface area contributed by atoms with Gasteiger partial charge in [-0.25, -0.2) is 18.4 Å². The predicted octanol–water partition coefficient (Wildman–Crippen LogP) is 3.99. The molecule has 0 amide bonds. The topological polar surface area (TPSA) is 90.9 Å². The van der Waals surface area contributed by atoms with E-state index < -0.39 is 11.6 Å². The molecule has 32 heavy (non-hydrogen) atoms. The number of ether oxygens (including phenoxy) is 1. The van der Waals surface area contributed by atoms with Crippen molar-refractivity contribution in [3.05, 3.63) is 65.7 Å². The molecular weight excluding hydrogens is 414 g/mol. The molecule has 4 aromatic rings. The van der Waals surface area contributed by atoms with Gasteiger partial charge in [0.15, 0.2) is 17.3 Å². The number of nitrogens with one attached hydrogen (secondary N) is 1. The Bertz CT molecular complexity index is 1250. The third-order valence-corrected chi connectivity index (χ3v) is 5.53. The minimum absolute atomic E-state index is 0.00327. The van der Waals surface area contributed by atoms with Crippen LogP contribution in [0.15, 0.2) is 48.5 Å². The molecule has 0 spiro atoms. The minimum Gasteiger partial charge on any atom is -0.383 e. The van der Waals surface area contributed by atoms with E-state index in [9.17, 15) is 8.78 Å². The van der Waals surface area contributed by atoms with Crippen molar-refractivity contribution in [1.82, 2.24) is 19.7 Å². The number of benzene rings is 2. The SMILES string of the molecule is Nc1c2c(-c3cccc(F)c3F)nc(NCC3CCCO3)nc2nn1Cc1ccccc1. The number of rotatable bonds is 6. The van der Waals surface area contributed by atoms with E-state index in [0.29, 0.717) is 24.1 Å². The van der Waals surface area contributed by atoms with Gasteiger partial charge in [-0.2, -0.15) is 4.98 Å². The van der Waals surface area contributed by atoms with Gasteiger partial charge in [-0.1, -0.05) is 36.4 Å². The van der Waals surface area contributed by atoms with Crippen LogP contribution in [0, 0.1) is 11.6 Å². The van der Waals surface area contributed by atoms with Crippen LogP contribution in [-0.2, 0) is 11.3 Å². The lowest BCUT2D eigenvalue weighted by atomic mass is 10.1. The molecule has 1 unspecified atom stereocenters. The summed E-state index contributed by atoms with van der Waals surface area (Å²) in [5.74, 6) is -1.41. The van der Waals surface area contributed by atoms with Gasteiger partial charge in [0.1, 0.15) is 5.82 Å². The highest BCUT2D eigenvalue weighted by molar-refractivity contribution is 5.99. The van der Waals surface area contributed by atoms with Gasteiger partial charge < -0.3 is 15.8 Å². The Hall–Kier alpha value is -3.59. The van der Waals surface area contributed by atoms with Crippen molar-refractivity contribution in [2.45, 2.75) is 25.5 Å². The van der Waals surface area contributed by atoms with Crippen molar-refractivity contribution >= 4 is 22.8 Å². The van der Waals surface area contributed by atoms with Crippen LogP contribution in [0.2, 0.25) is 0 Å². The van der Waals surface area contributed by atoms with E-state index in [-0.39, 0.29) is 29.1 Å². The van der Waals surface area contributed by atoms with E-state index in [1.54, 1.807) is 4.68 Å². The van der Waals surface area contributed by atoms with Crippen LogP contribution in [0.4, 0.5) is 20.5 Å². The summed E-state index contributed by atoms with van der Waals surface area (Å²) in [6.45, 7) is 1.65. The van der Waals surface area contributed by atoms with Crippen molar-refractivity contribution < 1.29 is 13.5 Å². The second kappa shape index (κ2) is 8.51. The highest BCUT2D eigenvalue weighted by Crippen LogP contribution is 2.33. The van der Waals surface area contributed by atoms with Gasteiger partial charge in [0.2, 0.25) is 5.95 Å². The van der Waals surface area contributed by atoms with Gasteiger partial charge in [0, 0.05) is 18.7 Å². The van der Waals surface area contributed by atoms with Crippen LogP contribution >= 0.6 is 0 Å². The minimum atomic E-state index is -0.993. The maximum atomic E-state index is 14.7. The number of halogens is 2. The predicted molar refractivity (Wildman–Crippen MR) is 118 cm³/mol. The van der Waals surface area contributed by atoms with Crippen LogP contribution in [-0.4, -0.2) is 39.0 Å². The number of nitrogen functional groups attached to an aromatic ring is 1. The van der Waals surface area contributed by atoms with Gasteiger partial charge in [0.05, 0.1) is 23.7 Å². The Morgan fingerprint density at radius 2 is 1.94 bits per heavy atom. The van der Waals surface area contributed by atoms with Crippen molar-refractivity contribution in [3.8, 4) is 11.3 Å². The Morgan fingerprint density at radius 1 is 1.09 bits per heavy atom. The molecule has 9 heteroatoms. The monoisotopic (exact) mass is 436 g/mol. The molecule has 5 rings (SSSR count). The average Bonchev–Trinajstić information content (AvgIpc) is 3.43. The fourth-order valence-corrected chi connectivity index (χ4v) is 3.90. The molecule has 0 bridgehead atoms. The molecule has 164 valence electrons. The molecule has 1 aliphatic rings. The second-order valence-electron chi connectivity index (χ2n) is 7.74. The highest BCUT2D eigenvalue weighted by atomic mass is 19.2. The van der Waals surface area contributed by atoms with Gasteiger partial charge in [-0.3, -0.25) is 0 Å². The first-order valence-electron chi connectivity index (χ1n) is 10.5. The van der Waals surface area contributed by atoms with E-state index in [1.165, 1.54) is 12.1 Å². The van der Waals surface area contributed by atoms with Crippen LogP contribution in [0.3, 0.4) is 0 Å². The van der Waals surface area contributed by atoms with E-state index in [0.717, 1.165) is 31.1 Å². The quantitative estimate of drug-likeness (QED) is 0.475. The standard InChI is InChI=1S/C23H22F2N6O/c24-17-10-4-9-16(19(17)25)20-18-21(26)31(13-14-6-2-1-3-7-14)30-22(18)29-23(28-20)27-12-15-8-5-11-32-15/h1-4,6-7,9-10,15H,5,8,11-13,26H2,(H,27,29,30). The van der Waals surface area contributed by atoms with Crippen LogP contribution in [0.25, 0.3) is 22.3 Å². The number of nitrogens with two attached hydrogens (primary N) is 1. The maximum Gasteiger partial charge on any atom is 0.225 e. The van der Waals surface area contributed by atoms with E-state index >= 15 is 0 Å². The highest BCUT2D eigenvalue weighted by Gasteiger charge is 2.22. The third-order valence-electron chi connectivity index (χ3n) is 5.53. The number of hydrogen-bond acceptors (Lipinski definition) is 6. The molecule has 1 aliphatic heterocycles. The van der Waals surface area contributed by atoms with Crippen molar-refractivity contribution in [3.63, 3.8) is 0 Å². The summed E-state index contributed by atoms with van der Waals surface area (Å²) in [6, 6.07) is 13.7. The summed E-state index contributed by atoms with van der Waals surface area (Å²) in [4.78, 5) is 8.99. The second-order valence-corrected chi connectivity index (χ2v) is 7.74. The van der Waals surface area contributed by atoms with Gasteiger partial charge in [0.25, 0.3) is 0 Å². The first-order valence-corrected chi connectivity index (χ1v) is 10.5. The third kappa shape index (κ3) is 3.87. The van der Waals surface area contributed by atoms with Crippen LogP contribution in [0.1, 0.15) is 18.4 Å². The molecule has 3 N–H and O–H groups in total. The largest absolute Gasteiger partial charge is 0.383 e. The summed E-state index contributed by atoms with van der Waals surface area (Å²) in [5.41, 5.74) is 7.90. The van der Waals surface area contributed by atoms with Gasteiger partial charge in [-0.05, 0) is 30.5 Å². The summed E-state index contributed by atoms with van der Waals surface area (Å²) in [5, 5.41) is 8.07. The molecule has 7 nitrogen and oxygen atoms in total. The summed E-state index contributed by atoms with van der Waals surface area (Å²) in [6.07, 6.45) is 2.01. The zero-order valence-corrected chi connectivity index (χ0v) is 17.3. The fourth-order valence-electron chi connectivity index (χ4n) is 3.90. The Balaban J connectivity index is 1.61. The summed E-state index contributed by atoms with van der Waals surface area (Å²) in [7, 11) is 0. The fraction of sp³-hybridized carbons (Fsp3) is 0.261. The average molecular weight is 436 g/mol. The smallest absolute Gasteiger partial charge is 0.225 e. The molecule has 2 aromatic carbocycles. The molecular formula is C23H22F2N6O. The Morgan fingerprint density at radius 3 is 2.72 bits per heavy atom. The lowest BCUT2D eigenvalue weighted by molar-refractivity contribution is 0.120. The van der Waals surface area contributed by atoms with Crippen molar-refractivity contribution in [2.24, 2.45) is 0 Å². The normalized spacial score (nSPS) is 16.0. The summed E-state index contributed by atoms with van der Waals surface area (Å²) < 4.78 is 36.0. The lowest BCUT2D eigenvalue weighted by Crippen LogP contribution is -2.19. The van der Waals surface area contributed by atoms with Crippen LogP contribution in [0.5, 0.6) is 0 Å². The Kier molecular flexibility index (Phi) is 5.40. The van der Waals surface area contributed by atoms with E-state index in [4.69, 9.17) is 10.5 Å². The molecule has 0 saturated carbocycles. The number of nitrogens with zero attached hydrogens (tertiary/aromatic N) is 4. The molecule has 0 aliphatic carbocycles. The molecule has 1 fully saturated rings. The zero-order chi connectivity index (χ0) is 22.1.